The Bertz CT molecular complexity index is 1380. The molecular weight excluding hydrogens is 516 g/mol. The van der Waals surface area contributed by atoms with Gasteiger partial charge in [0.25, 0.3) is 15.9 Å². The first-order chi connectivity index (χ1) is 17.7. The minimum absolute atomic E-state index is 0.176. The molecule has 0 fully saturated rings. The van der Waals surface area contributed by atoms with Crippen molar-refractivity contribution in [1.82, 2.24) is 4.90 Å². The Hall–Kier alpha value is -3.43. The van der Waals surface area contributed by atoms with Crippen molar-refractivity contribution in [2.45, 2.75) is 24.3 Å². The molecule has 0 unspecified atom stereocenters. The standard InChI is InChI=1S/C27H29ClN2O6S/c1-29(17-18-14-24(34-2)26(36-4)25(15-18)35-3)27(31)20-7-12-23-19(16-20)6-5-13-30(23)37(32,33)22-10-8-21(28)9-11-22/h7-12,14-16H,5-6,13,17H2,1-4H3. The van der Waals surface area contributed by atoms with Gasteiger partial charge in [0.15, 0.2) is 11.5 Å². The van der Waals surface area contributed by atoms with Gasteiger partial charge >= 0.3 is 0 Å². The fraction of sp³-hybridized carbons (Fsp3) is 0.296. The number of hydrogen-bond acceptors (Lipinski definition) is 6. The molecule has 0 atom stereocenters. The van der Waals surface area contributed by atoms with Gasteiger partial charge in [-0.25, -0.2) is 8.42 Å². The number of anilines is 1. The van der Waals surface area contributed by atoms with Gasteiger partial charge in [0, 0.05) is 30.7 Å². The fourth-order valence-corrected chi connectivity index (χ4v) is 6.14. The Kier molecular flexibility index (Phi) is 7.85. The van der Waals surface area contributed by atoms with E-state index in [4.69, 9.17) is 25.8 Å². The van der Waals surface area contributed by atoms with Crippen LogP contribution >= 0.6 is 11.6 Å². The summed E-state index contributed by atoms with van der Waals surface area (Å²) in [4.78, 5) is 15.1. The highest BCUT2D eigenvalue weighted by atomic mass is 35.5. The van der Waals surface area contributed by atoms with Gasteiger partial charge in [0.2, 0.25) is 5.75 Å². The number of fused-ring (bicyclic) bond motifs is 1. The fourth-order valence-electron chi connectivity index (χ4n) is 4.47. The van der Waals surface area contributed by atoms with Crippen molar-refractivity contribution in [2.24, 2.45) is 0 Å². The SMILES string of the molecule is COc1cc(CN(C)C(=O)c2ccc3c(c2)CCCN3S(=O)(=O)c2ccc(Cl)cc2)cc(OC)c1OC. The topological polar surface area (TPSA) is 85.4 Å². The Balaban J connectivity index is 1.58. The van der Waals surface area contributed by atoms with Crippen molar-refractivity contribution in [3.05, 3.63) is 76.3 Å². The molecule has 8 nitrogen and oxygen atoms in total. The summed E-state index contributed by atoms with van der Waals surface area (Å²) in [5, 5.41) is 0.469. The molecule has 4 rings (SSSR count). The number of ether oxygens (including phenoxy) is 3. The normalized spacial score (nSPS) is 13.1. The van der Waals surface area contributed by atoms with Gasteiger partial charge in [-0.05, 0) is 78.6 Å². The number of hydrogen-bond donors (Lipinski definition) is 0. The van der Waals surface area contributed by atoms with E-state index in [0.717, 1.165) is 11.1 Å². The van der Waals surface area contributed by atoms with Crippen LogP contribution in [0.3, 0.4) is 0 Å². The Morgan fingerprint density at radius 2 is 1.62 bits per heavy atom. The molecule has 10 heteroatoms. The van der Waals surface area contributed by atoms with Crippen molar-refractivity contribution in [1.29, 1.82) is 0 Å². The number of aryl methyl sites for hydroxylation is 1. The number of benzene rings is 3. The minimum Gasteiger partial charge on any atom is -0.493 e. The number of halogens is 1. The van der Waals surface area contributed by atoms with E-state index in [-0.39, 0.29) is 10.8 Å². The number of methoxy groups -OCH3 is 3. The first kappa shape index (κ1) is 26.6. The van der Waals surface area contributed by atoms with E-state index < -0.39 is 10.0 Å². The van der Waals surface area contributed by atoms with Crippen LogP contribution in [0.2, 0.25) is 5.02 Å². The lowest BCUT2D eigenvalue weighted by atomic mass is 10.00. The molecule has 196 valence electrons. The minimum atomic E-state index is -3.76. The average Bonchev–Trinajstić information content (AvgIpc) is 2.91. The highest BCUT2D eigenvalue weighted by Gasteiger charge is 2.30. The zero-order valence-electron chi connectivity index (χ0n) is 21.2. The first-order valence-electron chi connectivity index (χ1n) is 11.6. The molecule has 1 aliphatic heterocycles. The average molecular weight is 545 g/mol. The summed E-state index contributed by atoms with van der Waals surface area (Å²) in [7, 11) is 2.57. The summed E-state index contributed by atoms with van der Waals surface area (Å²) in [6.45, 7) is 0.677. The van der Waals surface area contributed by atoms with Crippen LogP contribution in [-0.4, -0.2) is 54.1 Å². The second-order valence-electron chi connectivity index (χ2n) is 8.67. The van der Waals surface area contributed by atoms with Crippen molar-refractivity contribution in [3.63, 3.8) is 0 Å². The zero-order chi connectivity index (χ0) is 26.7. The largest absolute Gasteiger partial charge is 0.493 e. The lowest BCUT2D eigenvalue weighted by Crippen LogP contribution is -2.35. The molecule has 0 saturated carbocycles. The van der Waals surface area contributed by atoms with Crippen LogP contribution in [0.1, 0.15) is 27.9 Å². The predicted octanol–water partition coefficient (Wildman–Crippen LogP) is 4.78. The number of carbonyl (C=O) groups excluding carboxylic acids is 1. The molecule has 0 aromatic heterocycles. The number of sulfonamides is 1. The zero-order valence-corrected chi connectivity index (χ0v) is 22.7. The van der Waals surface area contributed by atoms with Gasteiger partial charge in [0.05, 0.1) is 31.9 Å². The number of nitrogens with zero attached hydrogens (tertiary/aromatic N) is 2. The second-order valence-corrected chi connectivity index (χ2v) is 11.0. The summed E-state index contributed by atoms with van der Waals surface area (Å²) < 4.78 is 44.2. The number of carbonyl (C=O) groups is 1. The lowest BCUT2D eigenvalue weighted by Gasteiger charge is -2.31. The van der Waals surface area contributed by atoms with Gasteiger partial charge in [0.1, 0.15) is 0 Å². The number of amides is 1. The van der Waals surface area contributed by atoms with Crippen molar-refractivity contribution >= 4 is 33.2 Å². The van der Waals surface area contributed by atoms with E-state index >= 15 is 0 Å². The Labute approximate surface area is 222 Å². The molecule has 0 radical (unpaired) electrons. The maximum Gasteiger partial charge on any atom is 0.264 e. The van der Waals surface area contributed by atoms with Gasteiger partial charge in [-0.15, -0.1) is 0 Å². The van der Waals surface area contributed by atoms with Crippen LogP contribution in [0.4, 0.5) is 5.69 Å². The molecule has 3 aromatic rings. The van der Waals surface area contributed by atoms with Crippen LogP contribution in [-0.2, 0) is 23.0 Å². The Morgan fingerprint density at radius 1 is 0.973 bits per heavy atom. The van der Waals surface area contributed by atoms with Crippen molar-refractivity contribution in [2.75, 3.05) is 39.2 Å². The maximum atomic E-state index is 13.3. The molecule has 0 aliphatic carbocycles. The predicted molar refractivity (Wildman–Crippen MR) is 143 cm³/mol. The third-order valence-electron chi connectivity index (χ3n) is 6.30. The van der Waals surface area contributed by atoms with Crippen LogP contribution in [0.5, 0.6) is 17.2 Å². The molecule has 0 bridgehead atoms. The highest BCUT2D eigenvalue weighted by Crippen LogP contribution is 2.38. The van der Waals surface area contributed by atoms with Crippen molar-refractivity contribution in [3.8, 4) is 17.2 Å². The first-order valence-corrected chi connectivity index (χ1v) is 13.5. The van der Waals surface area contributed by atoms with E-state index in [1.807, 2.05) is 0 Å². The molecule has 0 N–H and O–H groups in total. The van der Waals surface area contributed by atoms with Crippen LogP contribution in [0, 0.1) is 0 Å². The molecule has 1 aliphatic rings. The smallest absolute Gasteiger partial charge is 0.264 e. The van der Waals surface area contributed by atoms with Gasteiger partial charge in [-0.1, -0.05) is 11.6 Å². The quantitative estimate of drug-likeness (QED) is 0.406. The molecule has 0 saturated heterocycles. The second kappa shape index (κ2) is 10.9. The summed E-state index contributed by atoms with van der Waals surface area (Å²) in [6, 6.07) is 14.9. The summed E-state index contributed by atoms with van der Waals surface area (Å²) in [5.41, 5.74) is 2.70. The molecule has 1 heterocycles. The molecule has 1 amide bonds. The van der Waals surface area contributed by atoms with Crippen LogP contribution in [0.25, 0.3) is 0 Å². The van der Waals surface area contributed by atoms with Crippen LogP contribution < -0.4 is 18.5 Å². The van der Waals surface area contributed by atoms with E-state index in [1.54, 1.807) is 68.6 Å². The van der Waals surface area contributed by atoms with E-state index in [0.29, 0.717) is 59.5 Å². The van der Waals surface area contributed by atoms with E-state index in [9.17, 15) is 13.2 Å². The van der Waals surface area contributed by atoms with E-state index in [1.165, 1.54) is 23.5 Å². The van der Waals surface area contributed by atoms with Gasteiger partial charge in [-0.3, -0.25) is 9.10 Å². The highest BCUT2D eigenvalue weighted by molar-refractivity contribution is 7.92. The molecule has 3 aromatic carbocycles. The summed E-state index contributed by atoms with van der Waals surface area (Å²) in [5.74, 6) is 1.31. The third kappa shape index (κ3) is 5.33. The lowest BCUT2D eigenvalue weighted by molar-refractivity contribution is 0.0784. The number of rotatable bonds is 8. The maximum absolute atomic E-state index is 13.3. The summed E-state index contributed by atoms with van der Waals surface area (Å²) in [6.07, 6.45) is 1.33. The van der Waals surface area contributed by atoms with Gasteiger partial charge in [-0.2, -0.15) is 0 Å². The monoisotopic (exact) mass is 544 g/mol. The summed E-state index contributed by atoms with van der Waals surface area (Å²) >= 11 is 5.93. The van der Waals surface area contributed by atoms with Crippen LogP contribution in [0.15, 0.2) is 59.5 Å². The van der Waals surface area contributed by atoms with E-state index in [2.05, 4.69) is 0 Å². The molecular formula is C27H29ClN2O6S. The third-order valence-corrected chi connectivity index (χ3v) is 8.37. The van der Waals surface area contributed by atoms with Gasteiger partial charge < -0.3 is 19.1 Å². The molecule has 37 heavy (non-hydrogen) atoms. The molecule has 0 spiro atoms. The van der Waals surface area contributed by atoms with Crippen molar-refractivity contribution < 1.29 is 27.4 Å². The Morgan fingerprint density at radius 3 is 2.22 bits per heavy atom.